The SMILES string of the molecule is CCCCOC(=O)C(c1ccc(-c2ccc(OCCC)cc2C(F)(F)F)nc1)N1Cc2nc(-c3cccc(F)c3F)[nH]c2C=N1. The van der Waals surface area contributed by atoms with Crippen LogP contribution < -0.4 is 4.74 Å². The van der Waals surface area contributed by atoms with Crippen molar-refractivity contribution in [3.05, 3.63) is 88.9 Å². The highest BCUT2D eigenvalue weighted by Gasteiger charge is 2.36. The molecule has 13 heteroatoms. The third-order valence-corrected chi connectivity index (χ3v) is 7.08. The molecule has 2 aromatic carbocycles. The Balaban J connectivity index is 1.45. The van der Waals surface area contributed by atoms with Crippen LogP contribution in [-0.2, 0) is 22.3 Å². The minimum atomic E-state index is -4.66. The predicted molar refractivity (Wildman–Crippen MR) is 156 cm³/mol. The van der Waals surface area contributed by atoms with E-state index >= 15 is 0 Å². The first-order valence-electron chi connectivity index (χ1n) is 14.4. The molecule has 1 N–H and O–H groups in total. The molecule has 45 heavy (non-hydrogen) atoms. The lowest BCUT2D eigenvalue weighted by molar-refractivity contribution is -0.151. The van der Waals surface area contributed by atoms with Gasteiger partial charge in [0, 0.05) is 17.3 Å². The fraction of sp³-hybridized carbons (Fsp3) is 0.312. The summed E-state index contributed by atoms with van der Waals surface area (Å²) in [6.07, 6.45) is 0.108. The van der Waals surface area contributed by atoms with Crippen molar-refractivity contribution in [2.24, 2.45) is 5.10 Å². The van der Waals surface area contributed by atoms with Gasteiger partial charge in [-0.2, -0.15) is 18.3 Å². The number of fused-ring (bicyclic) bond motifs is 1. The van der Waals surface area contributed by atoms with Gasteiger partial charge in [-0.3, -0.25) is 9.99 Å². The molecule has 236 valence electrons. The van der Waals surface area contributed by atoms with Gasteiger partial charge in [-0.1, -0.05) is 32.4 Å². The molecule has 1 aliphatic heterocycles. The number of aromatic amines is 1. The summed E-state index contributed by atoms with van der Waals surface area (Å²) in [5.74, 6) is -2.53. The van der Waals surface area contributed by atoms with Crippen LogP contribution in [0.5, 0.6) is 5.75 Å². The van der Waals surface area contributed by atoms with Crippen LogP contribution in [0.2, 0.25) is 0 Å². The van der Waals surface area contributed by atoms with Gasteiger partial charge >= 0.3 is 12.1 Å². The average Bonchev–Trinajstić information content (AvgIpc) is 3.45. The maximum absolute atomic E-state index is 14.4. The van der Waals surface area contributed by atoms with Crippen molar-refractivity contribution in [2.75, 3.05) is 13.2 Å². The third-order valence-electron chi connectivity index (χ3n) is 7.08. The highest BCUT2D eigenvalue weighted by molar-refractivity contribution is 5.82. The van der Waals surface area contributed by atoms with Crippen molar-refractivity contribution in [3.8, 4) is 28.4 Å². The number of imidazole rings is 1. The van der Waals surface area contributed by atoms with E-state index in [1.807, 2.05) is 13.8 Å². The number of ether oxygens (including phenoxy) is 2. The van der Waals surface area contributed by atoms with Gasteiger partial charge in [-0.05, 0) is 49.2 Å². The molecular weight excluding hydrogens is 597 g/mol. The molecule has 0 fully saturated rings. The number of rotatable bonds is 11. The highest BCUT2D eigenvalue weighted by atomic mass is 19.4. The van der Waals surface area contributed by atoms with Crippen LogP contribution in [-0.4, -0.2) is 45.4 Å². The molecular formula is C32H30F5N5O3. The molecule has 8 nitrogen and oxygen atoms in total. The molecule has 0 spiro atoms. The predicted octanol–water partition coefficient (Wildman–Crippen LogP) is 7.46. The molecule has 0 bridgehead atoms. The zero-order chi connectivity index (χ0) is 32.1. The van der Waals surface area contributed by atoms with Crippen LogP contribution >= 0.6 is 0 Å². The number of aromatic nitrogens is 3. The van der Waals surface area contributed by atoms with E-state index in [-0.39, 0.29) is 48.2 Å². The lowest BCUT2D eigenvalue weighted by Crippen LogP contribution is -2.33. The van der Waals surface area contributed by atoms with Crippen LogP contribution in [0.15, 0.2) is 59.8 Å². The molecule has 2 aromatic heterocycles. The van der Waals surface area contributed by atoms with Crippen LogP contribution in [0.4, 0.5) is 22.0 Å². The van der Waals surface area contributed by atoms with E-state index in [0.29, 0.717) is 29.8 Å². The normalized spacial score (nSPS) is 13.4. The highest BCUT2D eigenvalue weighted by Crippen LogP contribution is 2.39. The minimum absolute atomic E-state index is 0.00793. The molecule has 4 aromatic rings. The van der Waals surface area contributed by atoms with Crippen molar-refractivity contribution in [1.29, 1.82) is 0 Å². The topological polar surface area (TPSA) is 92.7 Å². The van der Waals surface area contributed by atoms with Crippen LogP contribution in [0.1, 0.15) is 61.7 Å². The lowest BCUT2D eigenvalue weighted by Gasteiger charge is -2.29. The molecule has 0 radical (unpaired) electrons. The summed E-state index contributed by atoms with van der Waals surface area (Å²) in [7, 11) is 0. The Bertz CT molecular complexity index is 1690. The number of benzene rings is 2. The molecule has 0 amide bonds. The van der Waals surface area contributed by atoms with Gasteiger partial charge in [0.1, 0.15) is 11.6 Å². The molecule has 0 saturated carbocycles. The lowest BCUT2D eigenvalue weighted by atomic mass is 10.0. The number of carbonyl (C=O) groups excluding carboxylic acids is 1. The van der Waals surface area contributed by atoms with Crippen molar-refractivity contribution in [3.63, 3.8) is 0 Å². The van der Waals surface area contributed by atoms with E-state index < -0.39 is 35.4 Å². The standard InChI is InChI=1S/C32H30F5N5O3/c1-3-5-14-45-31(43)29(42-18-27-26(17-39-42)40-30(41-27)22-7-6-8-24(33)28(22)34)19-9-12-25(38-16-19)21-11-10-20(44-13-4-2)15-23(21)32(35,36)37/h6-12,15-17,29H,3-5,13-14,18H2,1-2H3,(H,40,41). The van der Waals surface area contributed by atoms with Crippen molar-refractivity contribution in [2.45, 2.75) is 51.9 Å². The summed E-state index contributed by atoms with van der Waals surface area (Å²) in [5, 5.41) is 5.79. The number of alkyl halides is 3. The van der Waals surface area contributed by atoms with E-state index in [4.69, 9.17) is 9.47 Å². The Morgan fingerprint density at radius 1 is 1.04 bits per heavy atom. The number of esters is 1. The maximum Gasteiger partial charge on any atom is 0.417 e. The van der Waals surface area contributed by atoms with E-state index in [9.17, 15) is 26.7 Å². The van der Waals surface area contributed by atoms with Crippen molar-refractivity contribution >= 4 is 12.2 Å². The molecule has 1 unspecified atom stereocenters. The summed E-state index contributed by atoms with van der Waals surface area (Å²) in [5.41, 5.74) is 0.123. The summed E-state index contributed by atoms with van der Waals surface area (Å²) < 4.78 is 81.2. The van der Waals surface area contributed by atoms with Crippen LogP contribution in [0.3, 0.4) is 0 Å². The summed E-state index contributed by atoms with van der Waals surface area (Å²) in [4.78, 5) is 25.0. The van der Waals surface area contributed by atoms with Crippen LogP contribution in [0, 0.1) is 11.6 Å². The summed E-state index contributed by atoms with van der Waals surface area (Å²) >= 11 is 0. The Morgan fingerprint density at radius 3 is 2.58 bits per heavy atom. The number of hydrazone groups is 1. The summed E-state index contributed by atoms with van der Waals surface area (Å²) in [6.45, 7) is 4.23. The minimum Gasteiger partial charge on any atom is -0.494 e. The van der Waals surface area contributed by atoms with Gasteiger partial charge in [0.25, 0.3) is 0 Å². The fourth-order valence-electron chi connectivity index (χ4n) is 4.79. The fourth-order valence-corrected chi connectivity index (χ4v) is 4.79. The number of nitrogens with one attached hydrogen (secondary N) is 1. The number of halogens is 5. The number of unbranched alkanes of at least 4 members (excludes halogenated alkanes) is 1. The van der Waals surface area contributed by atoms with Gasteiger partial charge in [-0.15, -0.1) is 0 Å². The van der Waals surface area contributed by atoms with Gasteiger partial charge in [0.15, 0.2) is 17.7 Å². The monoisotopic (exact) mass is 627 g/mol. The first-order valence-corrected chi connectivity index (χ1v) is 14.4. The van der Waals surface area contributed by atoms with Gasteiger partial charge in [0.2, 0.25) is 0 Å². The summed E-state index contributed by atoms with van der Waals surface area (Å²) in [6, 6.07) is 9.23. The molecule has 1 aliphatic rings. The molecule has 0 aliphatic carbocycles. The number of pyridine rings is 1. The molecule has 3 heterocycles. The molecule has 1 atom stereocenters. The van der Waals surface area contributed by atoms with Crippen molar-refractivity contribution in [1.82, 2.24) is 20.0 Å². The number of carbonyl (C=O) groups is 1. The second kappa shape index (κ2) is 13.4. The largest absolute Gasteiger partial charge is 0.494 e. The number of hydrogen-bond donors (Lipinski definition) is 1. The van der Waals surface area contributed by atoms with Gasteiger partial charge < -0.3 is 14.5 Å². The zero-order valence-corrected chi connectivity index (χ0v) is 24.5. The van der Waals surface area contributed by atoms with E-state index in [1.165, 1.54) is 53.8 Å². The zero-order valence-electron chi connectivity index (χ0n) is 24.5. The first-order chi connectivity index (χ1) is 21.6. The van der Waals surface area contributed by atoms with E-state index in [0.717, 1.165) is 18.6 Å². The maximum atomic E-state index is 14.4. The smallest absolute Gasteiger partial charge is 0.417 e. The number of H-pyrrole nitrogens is 1. The van der Waals surface area contributed by atoms with Gasteiger partial charge in [-0.25, -0.2) is 18.6 Å². The Labute approximate surface area is 255 Å². The Morgan fingerprint density at radius 2 is 1.87 bits per heavy atom. The number of nitrogens with zero attached hydrogens (tertiary/aromatic N) is 4. The van der Waals surface area contributed by atoms with Crippen molar-refractivity contribution < 1.29 is 36.2 Å². The quantitative estimate of drug-likeness (QED) is 0.105. The molecule has 5 rings (SSSR count). The third kappa shape index (κ3) is 6.97. The Kier molecular flexibility index (Phi) is 9.45. The van der Waals surface area contributed by atoms with E-state index in [1.54, 1.807) is 0 Å². The first kappa shape index (κ1) is 31.6. The molecule has 0 saturated heterocycles. The average molecular weight is 628 g/mol. The number of hydrogen-bond acceptors (Lipinski definition) is 7. The van der Waals surface area contributed by atoms with Crippen LogP contribution in [0.25, 0.3) is 22.6 Å². The second-order valence-corrected chi connectivity index (χ2v) is 10.3. The second-order valence-electron chi connectivity index (χ2n) is 10.3. The van der Waals surface area contributed by atoms with E-state index in [2.05, 4.69) is 20.1 Å². The van der Waals surface area contributed by atoms with Gasteiger partial charge in [0.05, 0.1) is 54.2 Å². The Hall–Kier alpha value is -4.81.